The second-order valence-electron chi connectivity index (χ2n) is 3.98. The predicted octanol–water partition coefficient (Wildman–Crippen LogP) is 2.64. The van der Waals surface area contributed by atoms with Gasteiger partial charge in [0.05, 0.1) is 0 Å². The van der Waals surface area contributed by atoms with Gasteiger partial charge in [-0.1, -0.05) is 32.9 Å². The molecule has 0 atom stereocenters. The zero-order chi connectivity index (χ0) is 13.0. The molecule has 0 heterocycles. The van der Waals surface area contributed by atoms with Gasteiger partial charge in [-0.3, -0.25) is 4.79 Å². The second kappa shape index (κ2) is 5.62. The first-order valence-corrected chi connectivity index (χ1v) is 5.97. The molecule has 1 N–H and O–H groups in total. The second-order valence-corrected chi connectivity index (χ2v) is 3.98. The third kappa shape index (κ3) is 2.73. The van der Waals surface area contributed by atoms with Crippen LogP contribution in [0.4, 0.5) is 0 Å². The summed E-state index contributed by atoms with van der Waals surface area (Å²) in [6.45, 7) is 5.92. The van der Waals surface area contributed by atoms with Crippen LogP contribution in [0.5, 0.6) is 0 Å². The Morgan fingerprint density at radius 3 is 1.76 bits per heavy atom. The highest BCUT2D eigenvalue weighted by Crippen LogP contribution is 2.20. The van der Waals surface area contributed by atoms with E-state index in [1.54, 1.807) is 0 Å². The van der Waals surface area contributed by atoms with Crippen molar-refractivity contribution in [2.75, 3.05) is 0 Å². The van der Waals surface area contributed by atoms with Crippen LogP contribution in [0, 0.1) is 0 Å². The summed E-state index contributed by atoms with van der Waals surface area (Å²) in [5, 5.41) is 8.85. The first kappa shape index (κ1) is 13.4. The number of aryl methyl sites for hydroxylation is 3. The molecule has 1 aromatic carbocycles. The van der Waals surface area contributed by atoms with Gasteiger partial charge in [0.25, 0.3) is 5.78 Å². The first-order chi connectivity index (χ1) is 8.04. The Balaban J connectivity index is 3.44. The van der Waals surface area contributed by atoms with Crippen molar-refractivity contribution in [1.29, 1.82) is 0 Å². The minimum atomic E-state index is -1.38. The molecule has 0 aliphatic heterocycles. The zero-order valence-corrected chi connectivity index (χ0v) is 10.5. The normalized spacial score (nSPS) is 10.3. The van der Waals surface area contributed by atoms with Gasteiger partial charge in [0.15, 0.2) is 0 Å². The molecule has 0 bridgehead atoms. The summed E-state index contributed by atoms with van der Waals surface area (Å²) >= 11 is 0. The van der Waals surface area contributed by atoms with Crippen LogP contribution in [0.2, 0.25) is 0 Å². The fourth-order valence-electron chi connectivity index (χ4n) is 2.00. The molecule has 0 aliphatic rings. The number of carbonyl (C=O) groups excluding carboxylic acids is 1. The van der Waals surface area contributed by atoms with Crippen molar-refractivity contribution in [2.45, 2.75) is 40.0 Å². The van der Waals surface area contributed by atoms with Crippen molar-refractivity contribution in [3.05, 3.63) is 34.4 Å². The molecule has 0 saturated carbocycles. The van der Waals surface area contributed by atoms with Gasteiger partial charge in [0, 0.05) is 5.56 Å². The standard InChI is InChI=1S/C14H18O3/c1-4-9-7-10(5-2)12(11(6-3)8-9)13(15)14(16)17/h7-8H,4-6H2,1-3H3,(H,16,17). The van der Waals surface area contributed by atoms with Crippen molar-refractivity contribution >= 4 is 11.8 Å². The summed E-state index contributed by atoms with van der Waals surface area (Å²) < 4.78 is 0. The van der Waals surface area contributed by atoms with Gasteiger partial charge in [0.1, 0.15) is 0 Å². The zero-order valence-electron chi connectivity index (χ0n) is 10.5. The monoisotopic (exact) mass is 234 g/mol. The van der Waals surface area contributed by atoms with E-state index in [4.69, 9.17) is 5.11 Å². The van der Waals surface area contributed by atoms with Gasteiger partial charge in [-0.05, 0) is 36.0 Å². The van der Waals surface area contributed by atoms with Crippen molar-refractivity contribution in [2.24, 2.45) is 0 Å². The number of rotatable bonds is 5. The summed E-state index contributed by atoms with van der Waals surface area (Å²) in [5.41, 5.74) is 3.22. The number of carboxylic acids is 1. The van der Waals surface area contributed by atoms with Crippen LogP contribution in [0.15, 0.2) is 12.1 Å². The number of carboxylic acid groups (broad SMARTS) is 1. The Labute approximate surface area is 101 Å². The van der Waals surface area contributed by atoms with E-state index in [1.807, 2.05) is 32.9 Å². The molecule has 0 radical (unpaired) electrons. The van der Waals surface area contributed by atoms with E-state index in [2.05, 4.69) is 0 Å². The summed E-state index contributed by atoms with van der Waals surface area (Å²) in [6.07, 6.45) is 2.24. The predicted molar refractivity (Wildman–Crippen MR) is 66.5 cm³/mol. The third-order valence-electron chi connectivity index (χ3n) is 2.95. The SMILES string of the molecule is CCc1cc(CC)c(C(=O)C(=O)O)c(CC)c1. The van der Waals surface area contributed by atoms with Gasteiger partial charge in [-0.15, -0.1) is 0 Å². The highest BCUT2D eigenvalue weighted by Gasteiger charge is 2.21. The summed E-state index contributed by atoms with van der Waals surface area (Å²) in [4.78, 5) is 22.5. The number of carbonyl (C=O) groups is 2. The van der Waals surface area contributed by atoms with Crippen molar-refractivity contribution < 1.29 is 14.7 Å². The Hall–Kier alpha value is -1.64. The molecular weight excluding hydrogens is 216 g/mol. The molecule has 0 saturated heterocycles. The largest absolute Gasteiger partial charge is 0.475 e. The fourth-order valence-corrected chi connectivity index (χ4v) is 2.00. The van der Waals surface area contributed by atoms with Gasteiger partial charge in [0.2, 0.25) is 0 Å². The van der Waals surface area contributed by atoms with E-state index in [1.165, 1.54) is 0 Å². The molecule has 0 amide bonds. The maximum Gasteiger partial charge on any atom is 0.377 e. The van der Waals surface area contributed by atoms with E-state index in [-0.39, 0.29) is 0 Å². The van der Waals surface area contributed by atoms with E-state index in [0.717, 1.165) is 23.1 Å². The lowest BCUT2D eigenvalue weighted by molar-refractivity contribution is -0.131. The summed E-state index contributed by atoms with van der Waals surface area (Å²) in [5.74, 6) is -2.17. The van der Waals surface area contributed by atoms with Crippen molar-refractivity contribution in [3.8, 4) is 0 Å². The summed E-state index contributed by atoms with van der Waals surface area (Å²) in [7, 11) is 0. The topological polar surface area (TPSA) is 54.4 Å². The lowest BCUT2D eigenvalue weighted by Crippen LogP contribution is -2.17. The lowest BCUT2D eigenvalue weighted by atomic mass is 9.91. The van der Waals surface area contributed by atoms with Crippen molar-refractivity contribution in [1.82, 2.24) is 0 Å². The molecular formula is C14H18O3. The molecule has 1 aromatic rings. The van der Waals surface area contributed by atoms with Crippen LogP contribution in [-0.4, -0.2) is 16.9 Å². The molecule has 92 valence electrons. The molecule has 17 heavy (non-hydrogen) atoms. The number of aliphatic carboxylic acids is 1. The molecule has 3 nitrogen and oxygen atoms in total. The van der Waals surface area contributed by atoms with Gasteiger partial charge in [-0.2, -0.15) is 0 Å². The van der Waals surface area contributed by atoms with Crippen LogP contribution < -0.4 is 0 Å². The van der Waals surface area contributed by atoms with Gasteiger partial charge >= 0.3 is 5.97 Å². The Kier molecular flexibility index (Phi) is 4.44. The highest BCUT2D eigenvalue weighted by atomic mass is 16.4. The average molecular weight is 234 g/mol. The van der Waals surface area contributed by atoms with E-state index in [9.17, 15) is 9.59 Å². The average Bonchev–Trinajstić information content (AvgIpc) is 2.35. The number of hydrogen-bond donors (Lipinski definition) is 1. The lowest BCUT2D eigenvalue weighted by Gasteiger charge is -2.12. The highest BCUT2D eigenvalue weighted by molar-refractivity contribution is 6.40. The van der Waals surface area contributed by atoms with Gasteiger partial charge in [-0.25, -0.2) is 4.79 Å². The van der Waals surface area contributed by atoms with Crippen LogP contribution >= 0.6 is 0 Å². The fraction of sp³-hybridized carbons (Fsp3) is 0.429. The van der Waals surface area contributed by atoms with E-state index >= 15 is 0 Å². The maximum absolute atomic E-state index is 11.7. The Morgan fingerprint density at radius 1 is 1.00 bits per heavy atom. The van der Waals surface area contributed by atoms with Crippen LogP contribution in [-0.2, 0) is 24.1 Å². The number of Topliss-reactive ketones (excluding diaryl/α,β-unsaturated/α-hetero) is 1. The van der Waals surface area contributed by atoms with Crippen molar-refractivity contribution in [3.63, 3.8) is 0 Å². The molecule has 0 spiro atoms. The van der Waals surface area contributed by atoms with Gasteiger partial charge < -0.3 is 5.11 Å². The maximum atomic E-state index is 11.7. The third-order valence-corrected chi connectivity index (χ3v) is 2.95. The minimum Gasteiger partial charge on any atom is -0.475 e. The molecule has 0 aliphatic carbocycles. The van der Waals surface area contributed by atoms with E-state index < -0.39 is 11.8 Å². The first-order valence-electron chi connectivity index (χ1n) is 5.97. The number of ketones is 1. The number of hydrogen-bond acceptors (Lipinski definition) is 2. The number of benzene rings is 1. The Morgan fingerprint density at radius 2 is 1.47 bits per heavy atom. The molecule has 0 aromatic heterocycles. The van der Waals surface area contributed by atoms with E-state index in [0.29, 0.717) is 18.4 Å². The van der Waals surface area contributed by atoms with Crippen LogP contribution in [0.25, 0.3) is 0 Å². The molecule has 0 fully saturated rings. The van der Waals surface area contributed by atoms with Crippen LogP contribution in [0.3, 0.4) is 0 Å². The quantitative estimate of drug-likeness (QED) is 0.629. The molecule has 3 heteroatoms. The Bertz CT molecular complexity index is 422. The van der Waals surface area contributed by atoms with Crippen LogP contribution in [0.1, 0.15) is 47.8 Å². The molecule has 1 rings (SSSR count). The summed E-state index contributed by atoms with van der Waals surface area (Å²) in [6, 6.07) is 3.88. The molecule has 0 unspecified atom stereocenters. The smallest absolute Gasteiger partial charge is 0.377 e. The minimum absolute atomic E-state index is 0.389.